The molecule has 0 fully saturated rings. The number of aromatic hydroxyl groups is 1. The summed E-state index contributed by atoms with van der Waals surface area (Å²) >= 11 is 7.07. The van der Waals surface area contributed by atoms with Crippen molar-refractivity contribution in [3.8, 4) is 5.75 Å². The number of esters is 1. The van der Waals surface area contributed by atoms with Crippen LogP contribution in [-0.2, 0) is 11.3 Å². The van der Waals surface area contributed by atoms with Gasteiger partial charge in [-0.3, -0.25) is 0 Å². The molecule has 0 aliphatic heterocycles. The number of ether oxygens (including phenoxy) is 1. The predicted molar refractivity (Wildman–Crippen MR) is 73.9 cm³/mol. The second kappa shape index (κ2) is 5.90. The van der Waals surface area contributed by atoms with E-state index in [0.717, 1.165) is 4.88 Å². The highest BCUT2D eigenvalue weighted by Gasteiger charge is 2.14. The zero-order chi connectivity index (χ0) is 13.8. The molecule has 0 atom stereocenters. The first kappa shape index (κ1) is 13.6. The SMILES string of the molecule is COC(=O)c1cccc(NCc2cnc(Cl)s2)c1O. The minimum atomic E-state index is -0.581. The number of thiazole rings is 1. The molecular formula is C12H11ClN2O3S. The first-order valence-corrected chi connectivity index (χ1v) is 6.55. The highest BCUT2D eigenvalue weighted by Crippen LogP contribution is 2.29. The summed E-state index contributed by atoms with van der Waals surface area (Å²) in [6.45, 7) is 0.461. The van der Waals surface area contributed by atoms with Crippen molar-refractivity contribution in [3.05, 3.63) is 39.3 Å². The maximum Gasteiger partial charge on any atom is 0.341 e. The maximum atomic E-state index is 11.4. The highest BCUT2D eigenvalue weighted by molar-refractivity contribution is 7.15. The molecule has 7 heteroatoms. The van der Waals surface area contributed by atoms with Crippen molar-refractivity contribution < 1.29 is 14.6 Å². The number of nitrogens with one attached hydrogen (secondary N) is 1. The van der Waals surface area contributed by atoms with Crippen LogP contribution in [0.2, 0.25) is 4.47 Å². The van der Waals surface area contributed by atoms with Crippen LogP contribution in [0.15, 0.2) is 24.4 Å². The van der Waals surface area contributed by atoms with Crippen LogP contribution in [0, 0.1) is 0 Å². The van der Waals surface area contributed by atoms with E-state index in [1.54, 1.807) is 18.3 Å². The lowest BCUT2D eigenvalue weighted by molar-refractivity contribution is 0.0597. The van der Waals surface area contributed by atoms with E-state index in [4.69, 9.17) is 11.6 Å². The van der Waals surface area contributed by atoms with Crippen molar-refractivity contribution in [1.82, 2.24) is 4.98 Å². The van der Waals surface area contributed by atoms with E-state index in [0.29, 0.717) is 16.7 Å². The molecule has 0 saturated carbocycles. The Labute approximate surface area is 118 Å². The van der Waals surface area contributed by atoms with Crippen LogP contribution in [0.1, 0.15) is 15.2 Å². The molecule has 0 radical (unpaired) electrons. The van der Waals surface area contributed by atoms with E-state index in [9.17, 15) is 9.90 Å². The maximum absolute atomic E-state index is 11.4. The van der Waals surface area contributed by atoms with E-state index in [-0.39, 0.29) is 11.3 Å². The number of phenols is 1. The Hall–Kier alpha value is -1.79. The van der Waals surface area contributed by atoms with Crippen molar-refractivity contribution in [1.29, 1.82) is 0 Å². The summed E-state index contributed by atoms with van der Waals surface area (Å²) in [5.41, 5.74) is 0.572. The summed E-state index contributed by atoms with van der Waals surface area (Å²) < 4.78 is 5.05. The quantitative estimate of drug-likeness (QED) is 0.671. The van der Waals surface area contributed by atoms with Gasteiger partial charge in [0, 0.05) is 11.1 Å². The largest absolute Gasteiger partial charge is 0.505 e. The number of para-hydroxylation sites is 1. The molecule has 1 aromatic heterocycles. The third-order valence-electron chi connectivity index (χ3n) is 2.42. The van der Waals surface area contributed by atoms with E-state index in [2.05, 4.69) is 15.0 Å². The van der Waals surface area contributed by atoms with Gasteiger partial charge in [-0.15, -0.1) is 11.3 Å². The Balaban J connectivity index is 2.14. The van der Waals surface area contributed by atoms with E-state index < -0.39 is 5.97 Å². The van der Waals surface area contributed by atoms with Gasteiger partial charge in [0.25, 0.3) is 0 Å². The number of benzene rings is 1. The molecule has 0 aliphatic carbocycles. The van der Waals surface area contributed by atoms with E-state index >= 15 is 0 Å². The average molecular weight is 299 g/mol. The number of aromatic nitrogens is 1. The molecule has 100 valence electrons. The number of nitrogens with zero attached hydrogens (tertiary/aromatic N) is 1. The number of rotatable bonds is 4. The van der Waals surface area contributed by atoms with Crippen LogP contribution < -0.4 is 5.32 Å². The summed E-state index contributed by atoms with van der Waals surface area (Å²) in [5, 5.41) is 13.0. The molecule has 1 heterocycles. The minimum absolute atomic E-state index is 0.120. The van der Waals surface area contributed by atoms with Crippen molar-refractivity contribution in [2.24, 2.45) is 0 Å². The third kappa shape index (κ3) is 3.15. The van der Waals surface area contributed by atoms with Crippen molar-refractivity contribution >= 4 is 34.6 Å². The first-order valence-electron chi connectivity index (χ1n) is 5.36. The highest BCUT2D eigenvalue weighted by atomic mass is 35.5. The first-order chi connectivity index (χ1) is 9.11. The molecule has 19 heavy (non-hydrogen) atoms. The molecule has 2 aromatic rings. The summed E-state index contributed by atoms with van der Waals surface area (Å²) in [6, 6.07) is 4.83. The molecule has 5 nitrogen and oxygen atoms in total. The fourth-order valence-electron chi connectivity index (χ4n) is 1.51. The molecule has 2 rings (SSSR count). The van der Waals surface area contributed by atoms with Crippen molar-refractivity contribution in [2.75, 3.05) is 12.4 Å². The number of carbonyl (C=O) groups excluding carboxylic acids is 1. The van der Waals surface area contributed by atoms with Crippen LogP contribution in [0.5, 0.6) is 5.75 Å². The Morgan fingerprint density at radius 1 is 1.58 bits per heavy atom. The number of halogens is 1. The number of hydrogen-bond acceptors (Lipinski definition) is 6. The van der Waals surface area contributed by atoms with Crippen LogP contribution >= 0.6 is 22.9 Å². The predicted octanol–water partition coefficient (Wildman–Crippen LogP) is 2.90. The Kier molecular flexibility index (Phi) is 4.24. The topological polar surface area (TPSA) is 71.5 Å². The fourth-order valence-corrected chi connectivity index (χ4v) is 2.43. The van der Waals surface area contributed by atoms with Crippen molar-refractivity contribution in [3.63, 3.8) is 0 Å². The molecule has 0 amide bonds. The van der Waals surface area contributed by atoms with Crippen LogP contribution in [0.25, 0.3) is 0 Å². The molecule has 0 unspecified atom stereocenters. The lowest BCUT2D eigenvalue weighted by atomic mass is 10.1. The molecule has 0 bridgehead atoms. The number of carbonyl (C=O) groups is 1. The average Bonchev–Trinajstić information content (AvgIpc) is 2.82. The van der Waals surface area contributed by atoms with Gasteiger partial charge in [-0.1, -0.05) is 17.7 Å². The normalized spacial score (nSPS) is 10.2. The zero-order valence-electron chi connectivity index (χ0n) is 10.0. The number of phenolic OH excluding ortho intramolecular Hbond substituents is 1. The number of hydrogen-bond donors (Lipinski definition) is 2. The standard InChI is InChI=1S/C12H11ClN2O3S/c1-18-11(17)8-3-2-4-9(10(8)16)14-5-7-6-15-12(13)19-7/h2-4,6,14,16H,5H2,1H3. The Morgan fingerprint density at radius 2 is 2.37 bits per heavy atom. The molecule has 0 saturated heterocycles. The molecule has 0 spiro atoms. The number of methoxy groups -OCH3 is 1. The summed E-state index contributed by atoms with van der Waals surface area (Å²) in [7, 11) is 1.27. The van der Waals surface area contributed by atoms with Gasteiger partial charge in [0.05, 0.1) is 19.3 Å². The van der Waals surface area contributed by atoms with Gasteiger partial charge in [0.1, 0.15) is 5.56 Å². The van der Waals surface area contributed by atoms with Gasteiger partial charge in [-0.05, 0) is 12.1 Å². The van der Waals surface area contributed by atoms with Gasteiger partial charge in [0.15, 0.2) is 10.2 Å². The van der Waals surface area contributed by atoms with E-state index in [1.165, 1.54) is 24.5 Å². The Morgan fingerprint density at radius 3 is 3.00 bits per heavy atom. The van der Waals surface area contributed by atoms with Gasteiger partial charge in [0.2, 0.25) is 0 Å². The van der Waals surface area contributed by atoms with Gasteiger partial charge < -0.3 is 15.2 Å². The smallest absolute Gasteiger partial charge is 0.341 e. The third-order valence-corrected chi connectivity index (χ3v) is 3.53. The molecular weight excluding hydrogens is 288 g/mol. The summed E-state index contributed by atoms with van der Waals surface area (Å²) in [4.78, 5) is 16.3. The van der Waals surface area contributed by atoms with Crippen LogP contribution in [-0.4, -0.2) is 23.2 Å². The monoisotopic (exact) mass is 298 g/mol. The summed E-state index contributed by atoms with van der Waals surface area (Å²) in [6.07, 6.45) is 1.65. The lowest BCUT2D eigenvalue weighted by Crippen LogP contribution is -2.04. The Bertz CT molecular complexity index is 600. The van der Waals surface area contributed by atoms with E-state index in [1.807, 2.05) is 0 Å². The van der Waals surface area contributed by atoms with Crippen LogP contribution in [0.3, 0.4) is 0 Å². The molecule has 2 N–H and O–H groups in total. The van der Waals surface area contributed by atoms with Crippen LogP contribution in [0.4, 0.5) is 5.69 Å². The second-order valence-electron chi connectivity index (χ2n) is 3.63. The van der Waals surface area contributed by atoms with Crippen molar-refractivity contribution in [2.45, 2.75) is 6.54 Å². The second-order valence-corrected chi connectivity index (χ2v) is 5.32. The number of anilines is 1. The summed E-state index contributed by atoms with van der Waals surface area (Å²) in [5.74, 6) is -0.716. The fraction of sp³-hybridized carbons (Fsp3) is 0.167. The zero-order valence-corrected chi connectivity index (χ0v) is 11.6. The lowest BCUT2D eigenvalue weighted by Gasteiger charge is -2.09. The van der Waals surface area contributed by atoms with Gasteiger partial charge in [-0.2, -0.15) is 0 Å². The van der Waals surface area contributed by atoms with Gasteiger partial charge >= 0.3 is 5.97 Å². The molecule has 0 aliphatic rings. The minimum Gasteiger partial charge on any atom is -0.505 e. The molecule has 1 aromatic carbocycles. The van der Waals surface area contributed by atoms with Gasteiger partial charge in [-0.25, -0.2) is 9.78 Å².